The Balaban J connectivity index is 2.26. The number of aryl methyl sites for hydroxylation is 1. The molecule has 0 N–H and O–H groups in total. The first kappa shape index (κ1) is 9.19. The fraction of sp³-hybridized carbons (Fsp3) is 0.455. The standard InChI is InChI=1S/C11H13NO2/c1-2-10-11(14-9-3-4-9)5-8(7-13)6-12-10/h5-7,9H,2-4H2,1H3. The van der Waals surface area contributed by atoms with E-state index >= 15 is 0 Å². The van der Waals surface area contributed by atoms with Gasteiger partial charge in [0.1, 0.15) is 5.75 Å². The van der Waals surface area contributed by atoms with E-state index in [1.165, 1.54) is 0 Å². The summed E-state index contributed by atoms with van der Waals surface area (Å²) in [6.45, 7) is 2.03. The number of rotatable bonds is 4. The minimum Gasteiger partial charge on any atom is -0.488 e. The molecule has 1 saturated carbocycles. The van der Waals surface area contributed by atoms with Gasteiger partial charge in [0.05, 0.1) is 11.8 Å². The molecule has 3 heteroatoms. The van der Waals surface area contributed by atoms with Gasteiger partial charge in [-0.15, -0.1) is 0 Å². The van der Waals surface area contributed by atoms with Crippen LogP contribution in [-0.4, -0.2) is 17.4 Å². The third kappa shape index (κ3) is 1.92. The summed E-state index contributed by atoms with van der Waals surface area (Å²) in [5.74, 6) is 0.777. The highest BCUT2D eigenvalue weighted by Gasteiger charge is 2.24. The summed E-state index contributed by atoms with van der Waals surface area (Å²) in [4.78, 5) is 14.8. The number of ether oxygens (including phenoxy) is 1. The maximum atomic E-state index is 10.6. The zero-order valence-electron chi connectivity index (χ0n) is 8.19. The van der Waals surface area contributed by atoms with Gasteiger partial charge in [-0.25, -0.2) is 0 Å². The number of nitrogens with zero attached hydrogens (tertiary/aromatic N) is 1. The average Bonchev–Trinajstić information content (AvgIpc) is 3.01. The minimum atomic E-state index is 0.351. The SMILES string of the molecule is CCc1ncc(C=O)cc1OC1CC1. The molecule has 1 aliphatic carbocycles. The topological polar surface area (TPSA) is 39.2 Å². The first-order valence-electron chi connectivity index (χ1n) is 4.94. The lowest BCUT2D eigenvalue weighted by Gasteiger charge is -2.08. The molecule has 1 fully saturated rings. The van der Waals surface area contributed by atoms with Crippen molar-refractivity contribution in [3.05, 3.63) is 23.5 Å². The van der Waals surface area contributed by atoms with E-state index in [1.807, 2.05) is 6.92 Å². The summed E-state index contributed by atoms with van der Waals surface area (Å²) in [5.41, 5.74) is 1.51. The second kappa shape index (κ2) is 3.78. The molecule has 1 heterocycles. The molecule has 0 spiro atoms. The van der Waals surface area contributed by atoms with Crippen LogP contribution in [0.4, 0.5) is 0 Å². The largest absolute Gasteiger partial charge is 0.488 e. The number of carbonyl (C=O) groups excluding carboxylic acids is 1. The molecule has 1 aliphatic rings. The molecule has 3 nitrogen and oxygen atoms in total. The number of hydrogen-bond donors (Lipinski definition) is 0. The van der Waals surface area contributed by atoms with Crippen molar-refractivity contribution >= 4 is 6.29 Å². The van der Waals surface area contributed by atoms with Crippen molar-refractivity contribution in [1.29, 1.82) is 0 Å². The van der Waals surface area contributed by atoms with E-state index < -0.39 is 0 Å². The highest BCUT2D eigenvalue weighted by Crippen LogP contribution is 2.28. The van der Waals surface area contributed by atoms with Gasteiger partial charge < -0.3 is 4.74 Å². The van der Waals surface area contributed by atoms with Crippen LogP contribution in [0.5, 0.6) is 5.75 Å². The van der Waals surface area contributed by atoms with Crippen LogP contribution in [0.15, 0.2) is 12.3 Å². The minimum absolute atomic E-state index is 0.351. The highest BCUT2D eigenvalue weighted by atomic mass is 16.5. The van der Waals surface area contributed by atoms with Gasteiger partial charge in [0.15, 0.2) is 6.29 Å². The molecule has 0 unspecified atom stereocenters. The number of pyridine rings is 1. The van der Waals surface area contributed by atoms with Crippen LogP contribution in [-0.2, 0) is 6.42 Å². The smallest absolute Gasteiger partial charge is 0.151 e. The molecule has 0 saturated heterocycles. The van der Waals surface area contributed by atoms with Crippen LogP contribution in [0.1, 0.15) is 35.8 Å². The summed E-state index contributed by atoms with van der Waals surface area (Å²) < 4.78 is 5.67. The first-order chi connectivity index (χ1) is 6.83. The van der Waals surface area contributed by atoms with Crippen molar-refractivity contribution < 1.29 is 9.53 Å². The van der Waals surface area contributed by atoms with E-state index in [2.05, 4.69) is 4.98 Å². The Labute approximate surface area is 83.1 Å². The van der Waals surface area contributed by atoms with Crippen molar-refractivity contribution in [2.24, 2.45) is 0 Å². The second-order valence-corrected chi connectivity index (χ2v) is 3.50. The van der Waals surface area contributed by atoms with Crippen LogP contribution in [0, 0.1) is 0 Å². The second-order valence-electron chi connectivity index (χ2n) is 3.50. The molecule has 74 valence electrons. The van der Waals surface area contributed by atoms with Gasteiger partial charge in [-0.2, -0.15) is 0 Å². The van der Waals surface area contributed by atoms with E-state index in [4.69, 9.17) is 4.74 Å². The maximum absolute atomic E-state index is 10.6. The van der Waals surface area contributed by atoms with Crippen molar-refractivity contribution in [2.45, 2.75) is 32.3 Å². The van der Waals surface area contributed by atoms with E-state index in [0.717, 1.165) is 37.0 Å². The van der Waals surface area contributed by atoms with Crippen LogP contribution in [0.2, 0.25) is 0 Å². The van der Waals surface area contributed by atoms with E-state index in [9.17, 15) is 4.79 Å². The van der Waals surface area contributed by atoms with Gasteiger partial charge in [0.25, 0.3) is 0 Å². The van der Waals surface area contributed by atoms with Crippen molar-refractivity contribution in [3.8, 4) is 5.75 Å². The normalized spacial score (nSPS) is 15.2. The van der Waals surface area contributed by atoms with Gasteiger partial charge in [0, 0.05) is 11.8 Å². The van der Waals surface area contributed by atoms with Crippen LogP contribution in [0.3, 0.4) is 0 Å². The van der Waals surface area contributed by atoms with Crippen LogP contribution in [0.25, 0.3) is 0 Å². The van der Waals surface area contributed by atoms with E-state index in [1.54, 1.807) is 12.3 Å². The van der Waals surface area contributed by atoms with Crippen molar-refractivity contribution in [2.75, 3.05) is 0 Å². The van der Waals surface area contributed by atoms with Crippen molar-refractivity contribution in [1.82, 2.24) is 4.98 Å². The van der Waals surface area contributed by atoms with Gasteiger partial charge in [-0.3, -0.25) is 9.78 Å². The highest BCUT2D eigenvalue weighted by molar-refractivity contribution is 5.75. The summed E-state index contributed by atoms with van der Waals surface area (Å²) >= 11 is 0. The number of aldehydes is 1. The average molecular weight is 191 g/mol. The summed E-state index contributed by atoms with van der Waals surface area (Å²) in [7, 11) is 0. The fourth-order valence-electron chi connectivity index (χ4n) is 1.29. The quantitative estimate of drug-likeness (QED) is 0.683. The zero-order valence-corrected chi connectivity index (χ0v) is 8.19. The predicted molar refractivity (Wildman–Crippen MR) is 52.7 cm³/mol. The molecule has 0 aliphatic heterocycles. The van der Waals surface area contributed by atoms with E-state index in [-0.39, 0.29) is 0 Å². The Morgan fingerprint density at radius 2 is 2.43 bits per heavy atom. The molecule has 0 radical (unpaired) electrons. The molecule has 14 heavy (non-hydrogen) atoms. The number of aromatic nitrogens is 1. The van der Waals surface area contributed by atoms with Crippen molar-refractivity contribution in [3.63, 3.8) is 0 Å². The molecule has 0 bridgehead atoms. The van der Waals surface area contributed by atoms with Crippen LogP contribution >= 0.6 is 0 Å². The molecule has 0 amide bonds. The zero-order chi connectivity index (χ0) is 9.97. The lowest BCUT2D eigenvalue weighted by atomic mass is 10.2. The molecule has 0 aromatic carbocycles. The first-order valence-corrected chi connectivity index (χ1v) is 4.94. The summed E-state index contributed by atoms with van der Waals surface area (Å²) in [5, 5.41) is 0. The molecular formula is C11H13NO2. The Bertz CT molecular complexity index is 345. The third-order valence-electron chi connectivity index (χ3n) is 2.24. The maximum Gasteiger partial charge on any atom is 0.151 e. The lowest BCUT2D eigenvalue weighted by Crippen LogP contribution is -2.02. The number of hydrogen-bond acceptors (Lipinski definition) is 3. The lowest BCUT2D eigenvalue weighted by molar-refractivity contribution is 0.112. The Hall–Kier alpha value is -1.38. The number of carbonyl (C=O) groups is 1. The Morgan fingerprint density at radius 1 is 1.64 bits per heavy atom. The fourth-order valence-corrected chi connectivity index (χ4v) is 1.29. The Kier molecular flexibility index (Phi) is 2.48. The van der Waals surface area contributed by atoms with Gasteiger partial charge in [0.2, 0.25) is 0 Å². The molecule has 2 rings (SSSR count). The molecular weight excluding hydrogens is 178 g/mol. The Morgan fingerprint density at radius 3 is 3.00 bits per heavy atom. The van der Waals surface area contributed by atoms with E-state index in [0.29, 0.717) is 11.7 Å². The van der Waals surface area contributed by atoms with Crippen LogP contribution < -0.4 is 4.74 Å². The summed E-state index contributed by atoms with van der Waals surface area (Å²) in [6.07, 6.45) is 5.81. The predicted octanol–water partition coefficient (Wildman–Crippen LogP) is 2.00. The molecule has 0 atom stereocenters. The van der Waals surface area contributed by atoms with Gasteiger partial charge >= 0.3 is 0 Å². The molecule has 1 aromatic heterocycles. The summed E-state index contributed by atoms with van der Waals surface area (Å²) in [6, 6.07) is 1.77. The third-order valence-corrected chi connectivity index (χ3v) is 2.24. The van der Waals surface area contributed by atoms with Gasteiger partial charge in [-0.1, -0.05) is 6.92 Å². The molecule has 1 aromatic rings. The van der Waals surface area contributed by atoms with Gasteiger partial charge in [-0.05, 0) is 25.3 Å². The monoisotopic (exact) mass is 191 g/mol.